The molecule has 0 amide bonds. The van der Waals surface area contributed by atoms with Crippen molar-refractivity contribution in [3.05, 3.63) is 53.5 Å². The predicted octanol–water partition coefficient (Wildman–Crippen LogP) is 3.42. The molecule has 0 fully saturated rings. The Morgan fingerprint density at radius 3 is 2.82 bits per heavy atom. The van der Waals surface area contributed by atoms with E-state index < -0.39 is 0 Å². The molecule has 3 heteroatoms. The molecule has 2 aromatic heterocycles. The second-order valence-electron chi connectivity index (χ2n) is 3.89. The van der Waals surface area contributed by atoms with Crippen LogP contribution in [-0.2, 0) is 6.54 Å². The average Bonchev–Trinajstić information content (AvgIpc) is 2.87. The molecular formula is C14H12N2S. The summed E-state index contributed by atoms with van der Waals surface area (Å²) < 4.78 is 1.30. The minimum Gasteiger partial charge on any atom is -0.326 e. The normalized spacial score (nSPS) is 10.9. The predicted molar refractivity (Wildman–Crippen MR) is 72.9 cm³/mol. The molecular weight excluding hydrogens is 228 g/mol. The van der Waals surface area contributed by atoms with Crippen LogP contribution in [0.2, 0.25) is 0 Å². The number of nitrogens with two attached hydrogens (primary N) is 1. The molecule has 0 atom stereocenters. The van der Waals surface area contributed by atoms with Crippen LogP contribution in [0.25, 0.3) is 21.3 Å². The molecule has 0 unspecified atom stereocenters. The van der Waals surface area contributed by atoms with Crippen molar-refractivity contribution in [2.75, 3.05) is 0 Å². The Balaban J connectivity index is 2.16. The second-order valence-corrected chi connectivity index (χ2v) is 4.84. The maximum Gasteiger partial charge on any atom is 0.0708 e. The Hall–Kier alpha value is -1.71. The largest absolute Gasteiger partial charge is 0.326 e. The van der Waals surface area contributed by atoms with Crippen molar-refractivity contribution < 1.29 is 0 Å². The van der Waals surface area contributed by atoms with Crippen LogP contribution in [0.1, 0.15) is 5.56 Å². The second kappa shape index (κ2) is 4.28. The molecule has 84 valence electrons. The summed E-state index contributed by atoms with van der Waals surface area (Å²) in [6, 6.07) is 12.5. The number of nitrogens with zero attached hydrogens (tertiary/aromatic N) is 1. The van der Waals surface area contributed by atoms with Gasteiger partial charge in [0.15, 0.2) is 0 Å². The van der Waals surface area contributed by atoms with Crippen LogP contribution in [0.15, 0.2) is 48.0 Å². The Labute approximate surface area is 104 Å². The van der Waals surface area contributed by atoms with Gasteiger partial charge in [0.2, 0.25) is 0 Å². The van der Waals surface area contributed by atoms with E-state index >= 15 is 0 Å². The summed E-state index contributed by atoms with van der Waals surface area (Å²) in [6.07, 6.45) is 1.85. The van der Waals surface area contributed by atoms with Crippen LogP contribution in [0.5, 0.6) is 0 Å². The van der Waals surface area contributed by atoms with E-state index in [0.717, 1.165) is 11.3 Å². The van der Waals surface area contributed by atoms with E-state index in [1.54, 1.807) is 11.3 Å². The highest BCUT2D eigenvalue weighted by Crippen LogP contribution is 2.30. The number of pyridine rings is 1. The Bertz CT molecular complexity index is 641. The summed E-state index contributed by atoms with van der Waals surface area (Å²) >= 11 is 1.76. The van der Waals surface area contributed by atoms with Crippen molar-refractivity contribution in [3.8, 4) is 11.3 Å². The first-order valence-corrected chi connectivity index (χ1v) is 6.38. The van der Waals surface area contributed by atoms with Gasteiger partial charge in [0.05, 0.1) is 5.69 Å². The van der Waals surface area contributed by atoms with E-state index in [1.807, 2.05) is 18.3 Å². The maximum atomic E-state index is 5.57. The Morgan fingerprint density at radius 2 is 2.06 bits per heavy atom. The van der Waals surface area contributed by atoms with E-state index in [2.05, 4.69) is 34.6 Å². The summed E-state index contributed by atoms with van der Waals surface area (Å²) in [5, 5.41) is 3.38. The van der Waals surface area contributed by atoms with Crippen molar-refractivity contribution in [2.45, 2.75) is 6.54 Å². The smallest absolute Gasteiger partial charge is 0.0708 e. The molecule has 0 aliphatic heterocycles. The minimum absolute atomic E-state index is 0.538. The van der Waals surface area contributed by atoms with Crippen molar-refractivity contribution in [3.63, 3.8) is 0 Å². The summed E-state index contributed by atoms with van der Waals surface area (Å²) in [5.74, 6) is 0. The van der Waals surface area contributed by atoms with E-state index in [9.17, 15) is 0 Å². The zero-order chi connectivity index (χ0) is 11.7. The fourth-order valence-electron chi connectivity index (χ4n) is 1.92. The van der Waals surface area contributed by atoms with E-state index in [4.69, 9.17) is 5.73 Å². The number of aromatic nitrogens is 1. The fourth-order valence-corrected chi connectivity index (χ4v) is 2.73. The van der Waals surface area contributed by atoms with Gasteiger partial charge in [-0.25, -0.2) is 0 Å². The summed E-state index contributed by atoms with van der Waals surface area (Å²) in [4.78, 5) is 4.47. The number of rotatable bonds is 2. The average molecular weight is 240 g/mol. The van der Waals surface area contributed by atoms with Gasteiger partial charge in [-0.2, -0.15) is 0 Å². The molecule has 17 heavy (non-hydrogen) atoms. The first kappa shape index (κ1) is 10.4. The molecule has 0 radical (unpaired) electrons. The zero-order valence-corrected chi connectivity index (χ0v) is 10.1. The van der Waals surface area contributed by atoms with Gasteiger partial charge >= 0.3 is 0 Å². The quantitative estimate of drug-likeness (QED) is 0.745. The van der Waals surface area contributed by atoms with Crippen LogP contribution < -0.4 is 5.73 Å². The van der Waals surface area contributed by atoms with Gasteiger partial charge in [0, 0.05) is 28.4 Å². The molecule has 0 spiro atoms. The van der Waals surface area contributed by atoms with Crippen molar-refractivity contribution in [1.82, 2.24) is 4.98 Å². The summed E-state index contributed by atoms with van der Waals surface area (Å²) in [7, 11) is 0. The number of benzene rings is 1. The van der Waals surface area contributed by atoms with Gasteiger partial charge < -0.3 is 5.73 Å². The minimum atomic E-state index is 0.538. The molecule has 1 aromatic carbocycles. The van der Waals surface area contributed by atoms with Gasteiger partial charge in [0.25, 0.3) is 0 Å². The molecule has 0 bridgehead atoms. The lowest BCUT2D eigenvalue weighted by atomic mass is 10.1. The van der Waals surface area contributed by atoms with Crippen molar-refractivity contribution >= 4 is 21.4 Å². The van der Waals surface area contributed by atoms with Gasteiger partial charge in [-0.3, -0.25) is 4.98 Å². The van der Waals surface area contributed by atoms with Crippen LogP contribution in [0.3, 0.4) is 0 Å². The fraction of sp³-hybridized carbons (Fsp3) is 0.0714. The highest BCUT2D eigenvalue weighted by atomic mass is 32.1. The molecule has 0 aliphatic rings. The van der Waals surface area contributed by atoms with Crippen LogP contribution in [0.4, 0.5) is 0 Å². The number of fused-ring (bicyclic) bond motifs is 1. The third-order valence-electron chi connectivity index (χ3n) is 2.83. The third-order valence-corrected chi connectivity index (χ3v) is 3.71. The van der Waals surface area contributed by atoms with Gasteiger partial charge in [0.1, 0.15) is 0 Å². The monoisotopic (exact) mass is 240 g/mol. The highest BCUT2D eigenvalue weighted by molar-refractivity contribution is 7.17. The van der Waals surface area contributed by atoms with E-state index in [1.165, 1.54) is 15.6 Å². The van der Waals surface area contributed by atoms with E-state index in [0.29, 0.717) is 6.54 Å². The first-order valence-electron chi connectivity index (χ1n) is 5.50. The van der Waals surface area contributed by atoms with Crippen LogP contribution in [-0.4, -0.2) is 4.98 Å². The molecule has 0 saturated heterocycles. The van der Waals surface area contributed by atoms with Crippen LogP contribution in [0, 0.1) is 0 Å². The van der Waals surface area contributed by atoms with Gasteiger partial charge in [-0.15, -0.1) is 11.3 Å². The summed E-state index contributed by atoms with van der Waals surface area (Å²) in [6.45, 7) is 0.538. The number of hydrogen-bond acceptors (Lipinski definition) is 3. The SMILES string of the molecule is NCc1ccc(-c2cccc3sccc23)nc1. The van der Waals surface area contributed by atoms with Gasteiger partial charge in [-0.1, -0.05) is 18.2 Å². The molecule has 3 rings (SSSR count). The van der Waals surface area contributed by atoms with E-state index in [-0.39, 0.29) is 0 Å². The standard InChI is InChI=1S/C14H12N2S/c15-8-10-4-5-13(16-9-10)11-2-1-3-14-12(11)6-7-17-14/h1-7,9H,8,15H2. The lowest BCUT2D eigenvalue weighted by Gasteiger charge is -2.03. The lowest BCUT2D eigenvalue weighted by molar-refractivity contribution is 1.05. The maximum absolute atomic E-state index is 5.57. The molecule has 2 nitrogen and oxygen atoms in total. The topological polar surface area (TPSA) is 38.9 Å². The van der Waals surface area contributed by atoms with Crippen molar-refractivity contribution in [2.24, 2.45) is 5.73 Å². The van der Waals surface area contributed by atoms with Gasteiger partial charge in [-0.05, 0) is 29.1 Å². The lowest BCUT2D eigenvalue weighted by Crippen LogP contribution is -1.96. The summed E-state index contributed by atoms with van der Waals surface area (Å²) in [5.41, 5.74) is 8.83. The Kier molecular flexibility index (Phi) is 2.63. The number of hydrogen-bond donors (Lipinski definition) is 1. The molecule has 0 aliphatic carbocycles. The molecule has 2 heterocycles. The molecule has 3 aromatic rings. The molecule has 0 saturated carbocycles. The first-order chi connectivity index (χ1) is 8.38. The molecule has 2 N–H and O–H groups in total. The third kappa shape index (κ3) is 1.84. The van der Waals surface area contributed by atoms with Crippen LogP contribution >= 0.6 is 11.3 Å². The highest BCUT2D eigenvalue weighted by Gasteiger charge is 2.05. The Morgan fingerprint density at radius 1 is 1.12 bits per heavy atom. The number of thiophene rings is 1. The zero-order valence-electron chi connectivity index (χ0n) is 9.26. The van der Waals surface area contributed by atoms with Crippen molar-refractivity contribution in [1.29, 1.82) is 0 Å².